The molecule has 0 bridgehead atoms. The summed E-state index contributed by atoms with van der Waals surface area (Å²) >= 11 is 0. The Labute approximate surface area is 88.8 Å². The summed E-state index contributed by atoms with van der Waals surface area (Å²) in [4.78, 5) is 2.32. The van der Waals surface area contributed by atoms with Gasteiger partial charge in [0.2, 0.25) is 0 Å². The van der Waals surface area contributed by atoms with Crippen molar-refractivity contribution in [3.8, 4) is 0 Å². The molecule has 0 aliphatic carbocycles. The highest BCUT2D eigenvalue weighted by Crippen LogP contribution is 2.23. The summed E-state index contributed by atoms with van der Waals surface area (Å²) in [6.07, 6.45) is 4.14. The highest BCUT2D eigenvalue weighted by molar-refractivity contribution is 5.43. The SMILES string of the molecule is C=C/C(C)=C1/CN(C)C/C1=C/C.CC. The lowest BCUT2D eigenvalue weighted by Gasteiger charge is -2.03. The van der Waals surface area contributed by atoms with Crippen molar-refractivity contribution in [2.45, 2.75) is 27.7 Å². The second-order valence-corrected chi connectivity index (χ2v) is 3.35. The molecule has 80 valence electrons. The number of hydrogen-bond donors (Lipinski definition) is 0. The quantitative estimate of drug-likeness (QED) is 0.617. The molecule has 0 N–H and O–H groups in total. The number of nitrogens with zero attached hydrogens (tertiary/aromatic N) is 1. The fourth-order valence-corrected chi connectivity index (χ4v) is 1.58. The Balaban J connectivity index is 0.000000791. The summed E-state index contributed by atoms with van der Waals surface area (Å²) < 4.78 is 0. The van der Waals surface area contributed by atoms with Crippen molar-refractivity contribution in [3.05, 3.63) is 35.5 Å². The Morgan fingerprint density at radius 3 is 2.36 bits per heavy atom. The van der Waals surface area contributed by atoms with Crippen LogP contribution in [0.15, 0.2) is 35.5 Å². The molecule has 0 atom stereocenters. The molecule has 1 aliphatic heterocycles. The van der Waals surface area contributed by atoms with E-state index in [9.17, 15) is 0 Å². The van der Waals surface area contributed by atoms with E-state index in [0.717, 1.165) is 13.1 Å². The minimum absolute atomic E-state index is 1.07. The van der Waals surface area contributed by atoms with Crippen LogP contribution >= 0.6 is 0 Å². The third-order valence-corrected chi connectivity index (χ3v) is 2.39. The van der Waals surface area contributed by atoms with Crippen molar-refractivity contribution >= 4 is 0 Å². The van der Waals surface area contributed by atoms with Crippen LogP contribution in [0, 0.1) is 0 Å². The largest absolute Gasteiger partial charge is 0.298 e. The van der Waals surface area contributed by atoms with Gasteiger partial charge < -0.3 is 0 Å². The summed E-state index contributed by atoms with van der Waals surface area (Å²) in [6.45, 7) is 14.2. The molecule has 1 heteroatoms. The van der Waals surface area contributed by atoms with E-state index in [1.807, 2.05) is 19.9 Å². The van der Waals surface area contributed by atoms with E-state index in [1.54, 1.807) is 0 Å². The standard InChI is InChI=1S/C11H17N.C2H6/c1-5-9(3)11-8-12(4)7-10(11)6-2;1-2/h5-6H,1,7-8H2,2-4H3;1-2H3/b10-6-,11-9-;. The van der Waals surface area contributed by atoms with Gasteiger partial charge in [0, 0.05) is 13.1 Å². The molecule has 0 aromatic carbocycles. The van der Waals surface area contributed by atoms with Gasteiger partial charge in [-0.25, -0.2) is 0 Å². The molecular weight excluding hydrogens is 170 g/mol. The van der Waals surface area contributed by atoms with Crippen molar-refractivity contribution in [1.29, 1.82) is 0 Å². The monoisotopic (exact) mass is 193 g/mol. The van der Waals surface area contributed by atoms with Crippen LogP contribution in [0.2, 0.25) is 0 Å². The fourth-order valence-electron chi connectivity index (χ4n) is 1.58. The van der Waals surface area contributed by atoms with Crippen LogP contribution in [-0.4, -0.2) is 25.0 Å². The smallest absolute Gasteiger partial charge is 0.0239 e. The normalized spacial score (nSPS) is 23.1. The van der Waals surface area contributed by atoms with E-state index < -0.39 is 0 Å². The molecule has 1 nitrogen and oxygen atoms in total. The third-order valence-electron chi connectivity index (χ3n) is 2.39. The summed E-state index contributed by atoms with van der Waals surface area (Å²) in [7, 11) is 2.15. The predicted molar refractivity (Wildman–Crippen MR) is 65.5 cm³/mol. The Kier molecular flexibility index (Phi) is 6.22. The fraction of sp³-hybridized carbons (Fsp3) is 0.538. The molecule has 0 spiro atoms. The molecule has 0 amide bonds. The first kappa shape index (κ1) is 13.2. The molecule has 0 radical (unpaired) electrons. The van der Waals surface area contributed by atoms with Gasteiger partial charge >= 0.3 is 0 Å². The second kappa shape index (κ2) is 6.61. The first-order valence-electron chi connectivity index (χ1n) is 5.35. The van der Waals surface area contributed by atoms with E-state index in [1.165, 1.54) is 16.7 Å². The van der Waals surface area contributed by atoms with E-state index >= 15 is 0 Å². The van der Waals surface area contributed by atoms with Crippen molar-refractivity contribution in [2.75, 3.05) is 20.1 Å². The molecule has 1 heterocycles. The van der Waals surface area contributed by atoms with Crippen LogP contribution < -0.4 is 0 Å². The Morgan fingerprint density at radius 2 is 1.93 bits per heavy atom. The Hall–Kier alpha value is -0.820. The molecule has 1 aliphatic rings. The van der Waals surface area contributed by atoms with Gasteiger partial charge in [0.15, 0.2) is 0 Å². The van der Waals surface area contributed by atoms with Gasteiger partial charge in [-0.15, -0.1) is 0 Å². The number of likely N-dealkylation sites (N-methyl/N-ethyl adjacent to an activating group) is 1. The van der Waals surface area contributed by atoms with Crippen molar-refractivity contribution in [2.24, 2.45) is 0 Å². The zero-order valence-electron chi connectivity index (χ0n) is 10.2. The van der Waals surface area contributed by atoms with Gasteiger partial charge in [0.05, 0.1) is 0 Å². The topological polar surface area (TPSA) is 3.24 Å². The van der Waals surface area contributed by atoms with Crippen molar-refractivity contribution < 1.29 is 0 Å². The van der Waals surface area contributed by atoms with Crippen molar-refractivity contribution in [1.82, 2.24) is 4.90 Å². The molecule has 0 unspecified atom stereocenters. The van der Waals surface area contributed by atoms with Crippen LogP contribution in [0.4, 0.5) is 0 Å². The third kappa shape index (κ3) is 3.15. The molecule has 0 saturated carbocycles. The van der Waals surface area contributed by atoms with Crippen LogP contribution in [0.25, 0.3) is 0 Å². The molecule has 1 fully saturated rings. The minimum atomic E-state index is 1.07. The average Bonchev–Trinajstić information content (AvgIpc) is 2.61. The van der Waals surface area contributed by atoms with Gasteiger partial charge in [0.25, 0.3) is 0 Å². The van der Waals surface area contributed by atoms with E-state index in [2.05, 4.69) is 38.5 Å². The highest BCUT2D eigenvalue weighted by Gasteiger charge is 2.18. The van der Waals surface area contributed by atoms with E-state index in [0.29, 0.717) is 0 Å². The zero-order valence-corrected chi connectivity index (χ0v) is 10.2. The van der Waals surface area contributed by atoms with Crippen molar-refractivity contribution in [3.63, 3.8) is 0 Å². The Bertz CT molecular complexity index is 246. The minimum Gasteiger partial charge on any atom is -0.298 e. The van der Waals surface area contributed by atoms with E-state index in [4.69, 9.17) is 0 Å². The molecule has 1 saturated heterocycles. The lowest BCUT2D eigenvalue weighted by atomic mass is 10.0. The molecular formula is C13H23N. The Morgan fingerprint density at radius 1 is 1.36 bits per heavy atom. The first-order chi connectivity index (χ1) is 6.69. The van der Waals surface area contributed by atoms with Crippen LogP contribution in [0.3, 0.4) is 0 Å². The summed E-state index contributed by atoms with van der Waals surface area (Å²) in [6, 6.07) is 0. The van der Waals surface area contributed by atoms with E-state index in [-0.39, 0.29) is 0 Å². The number of hydrogen-bond acceptors (Lipinski definition) is 1. The second-order valence-electron chi connectivity index (χ2n) is 3.35. The highest BCUT2D eigenvalue weighted by atomic mass is 15.1. The van der Waals surface area contributed by atoms with Gasteiger partial charge in [-0.2, -0.15) is 0 Å². The molecule has 0 aromatic heterocycles. The summed E-state index contributed by atoms with van der Waals surface area (Å²) in [5.41, 5.74) is 4.22. The number of likely N-dealkylation sites (tertiary alicyclic amines) is 1. The van der Waals surface area contributed by atoms with Gasteiger partial charge in [-0.3, -0.25) is 4.90 Å². The van der Waals surface area contributed by atoms with Gasteiger partial charge in [0.1, 0.15) is 0 Å². The maximum absolute atomic E-state index is 3.80. The van der Waals surface area contributed by atoms with Crippen LogP contribution in [0.1, 0.15) is 27.7 Å². The van der Waals surface area contributed by atoms with Gasteiger partial charge in [-0.1, -0.05) is 32.6 Å². The van der Waals surface area contributed by atoms with Crippen LogP contribution in [0.5, 0.6) is 0 Å². The van der Waals surface area contributed by atoms with Gasteiger partial charge in [-0.05, 0) is 37.6 Å². The number of rotatable bonds is 1. The maximum atomic E-state index is 3.80. The zero-order chi connectivity index (χ0) is 11.1. The lowest BCUT2D eigenvalue weighted by Crippen LogP contribution is -2.11. The molecule has 0 aromatic rings. The summed E-state index contributed by atoms with van der Waals surface area (Å²) in [5, 5.41) is 0. The first-order valence-corrected chi connectivity index (χ1v) is 5.35. The number of allylic oxidation sites excluding steroid dienone is 3. The maximum Gasteiger partial charge on any atom is 0.0239 e. The van der Waals surface area contributed by atoms with Crippen LogP contribution in [-0.2, 0) is 0 Å². The molecule has 14 heavy (non-hydrogen) atoms. The average molecular weight is 193 g/mol. The molecule has 1 rings (SSSR count). The summed E-state index contributed by atoms with van der Waals surface area (Å²) in [5.74, 6) is 0. The predicted octanol–water partition coefficient (Wildman–Crippen LogP) is 3.41. The lowest BCUT2D eigenvalue weighted by molar-refractivity contribution is 0.437.